The number of rotatable bonds is 2. The maximum Gasteiger partial charge on any atom is 0.255 e. The number of likely N-dealkylation sites (tertiary alicyclic amines) is 1. The number of hydrogen-bond acceptors (Lipinski definition) is 2. The molecular weight excluding hydrogens is 301 g/mol. The van der Waals surface area contributed by atoms with Crippen LogP contribution in [0.4, 0.5) is 4.39 Å². The molecule has 1 heterocycles. The van der Waals surface area contributed by atoms with Gasteiger partial charge in [-0.1, -0.05) is 19.9 Å². The van der Waals surface area contributed by atoms with Gasteiger partial charge in [0.1, 0.15) is 11.4 Å². The van der Waals surface area contributed by atoms with Gasteiger partial charge in [0.2, 0.25) is 0 Å². The van der Waals surface area contributed by atoms with E-state index in [1.165, 1.54) is 17.0 Å². The quantitative estimate of drug-likeness (QED) is 0.910. The summed E-state index contributed by atoms with van der Waals surface area (Å²) < 4.78 is 13.5. The monoisotopic (exact) mass is 315 g/mol. The Bertz CT molecular complexity index is 484. The first kappa shape index (κ1) is 13.5. The minimum atomic E-state index is -0.810. The highest BCUT2D eigenvalue weighted by atomic mass is 79.9. The van der Waals surface area contributed by atoms with E-state index in [0.29, 0.717) is 18.7 Å². The number of β-amino-alcohol motifs (C(OH)–C–C–N with tert-alkyl or cyclic N) is 1. The van der Waals surface area contributed by atoms with Crippen LogP contribution in [0.3, 0.4) is 0 Å². The first-order chi connectivity index (χ1) is 8.35. The van der Waals surface area contributed by atoms with Crippen molar-refractivity contribution in [1.29, 1.82) is 0 Å². The summed E-state index contributed by atoms with van der Waals surface area (Å²) >= 11 is 3.07. The van der Waals surface area contributed by atoms with E-state index in [4.69, 9.17) is 0 Å². The third-order valence-corrected chi connectivity index (χ3v) is 4.28. The van der Waals surface area contributed by atoms with Crippen LogP contribution < -0.4 is 0 Å². The van der Waals surface area contributed by atoms with Crippen molar-refractivity contribution in [3.63, 3.8) is 0 Å². The molecule has 1 aromatic rings. The van der Waals surface area contributed by atoms with Crippen LogP contribution in [-0.4, -0.2) is 34.6 Å². The summed E-state index contributed by atoms with van der Waals surface area (Å²) in [6.45, 7) is 4.43. The second kappa shape index (κ2) is 4.63. The van der Waals surface area contributed by atoms with E-state index in [-0.39, 0.29) is 16.3 Å². The molecule has 3 nitrogen and oxygen atoms in total. The first-order valence-electron chi connectivity index (χ1n) is 5.81. The Morgan fingerprint density at radius 3 is 2.67 bits per heavy atom. The number of nitrogens with zero attached hydrogens (tertiary/aromatic N) is 1. The average Bonchev–Trinajstić information content (AvgIpc) is 2.27. The van der Waals surface area contributed by atoms with Gasteiger partial charge in [0, 0.05) is 0 Å². The van der Waals surface area contributed by atoms with E-state index in [2.05, 4.69) is 15.9 Å². The molecule has 1 N–H and O–H groups in total. The molecular formula is C13H15BrFNO2. The summed E-state index contributed by atoms with van der Waals surface area (Å²) in [6, 6.07) is 4.37. The van der Waals surface area contributed by atoms with Crippen molar-refractivity contribution in [2.24, 2.45) is 5.92 Å². The number of aliphatic hydroxyl groups is 1. The van der Waals surface area contributed by atoms with Gasteiger partial charge in [-0.2, -0.15) is 0 Å². The van der Waals surface area contributed by atoms with Crippen molar-refractivity contribution < 1.29 is 14.3 Å². The highest BCUT2D eigenvalue weighted by Gasteiger charge is 2.46. The smallest absolute Gasteiger partial charge is 0.255 e. The van der Waals surface area contributed by atoms with Gasteiger partial charge in [-0.3, -0.25) is 4.79 Å². The fourth-order valence-electron chi connectivity index (χ4n) is 1.96. The van der Waals surface area contributed by atoms with E-state index < -0.39 is 11.4 Å². The zero-order valence-electron chi connectivity index (χ0n) is 10.3. The SMILES string of the molecule is CC(C)C1(O)CN(C(=O)c2cccc(F)c2Br)C1. The molecule has 5 heteroatoms. The standard InChI is InChI=1S/C13H15BrFNO2/c1-8(2)13(18)6-16(7-13)12(17)9-4-3-5-10(15)11(9)14/h3-5,8,18H,6-7H2,1-2H3. The molecule has 98 valence electrons. The summed E-state index contributed by atoms with van der Waals surface area (Å²) in [5, 5.41) is 10.1. The number of carbonyl (C=O) groups is 1. The summed E-state index contributed by atoms with van der Waals surface area (Å²) in [6.07, 6.45) is 0. The molecule has 1 aliphatic rings. The second-order valence-corrected chi connectivity index (χ2v) is 5.81. The predicted molar refractivity (Wildman–Crippen MR) is 69.8 cm³/mol. The molecule has 0 saturated carbocycles. The molecule has 1 aromatic carbocycles. The van der Waals surface area contributed by atoms with E-state index >= 15 is 0 Å². The van der Waals surface area contributed by atoms with Gasteiger partial charge in [0.25, 0.3) is 5.91 Å². The fraction of sp³-hybridized carbons (Fsp3) is 0.462. The summed E-state index contributed by atoms with van der Waals surface area (Å²) in [5.41, 5.74) is -0.518. The molecule has 1 fully saturated rings. The van der Waals surface area contributed by atoms with Gasteiger partial charge < -0.3 is 10.0 Å². The predicted octanol–water partition coefficient (Wildman–Crippen LogP) is 2.43. The summed E-state index contributed by atoms with van der Waals surface area (Å²) in [7, 11) is 0. The molecule has 0 unspecified atom stereocenters. The van der Waals surface area contributed by atoms with E-state index in [9.17, 15) is 14.3 Å². The minimum absolute atomic E-state index is 0.0949. The van der Waals surface area contributed by atoms with E-state index in [0.717, 1.165) is 0 Å². The number of halogens is 2. The number of benzene rings is 1. The van der Waals surface area contributed by atoms with Crippen LogP contribution in [-0.2, 0) is 0 Å². The highest BCUT2D eigenvalue weighted by Crippen LogP contribution is 2.31. The van der Waals surface area contributed by atoms with Crippen LogP contribution >= 0.6 is 15.9 Å². The number of amides is 1. The Hall–Kier alpha value is -0.940. The lowest BCUT2D eigenvalue weighted by Crippen LogP contribution is -2.66. The van der Waals surface area contributed by atoms with Crippen molar-refractivity contribution >= 4 is 21.8 Å². The molecule has 0 atom stereocenters. The third kappa shape index (κ3) is 2.17. The Labute approximate surface area is 114 Å². The van der Waals surface area contributed by atoms with Crippen LogP contribution in [0.2, 0.25) is 0 Å². The Morgan fingerprint density at radius 2 is 2.11 bits per heavy atom. The molecule has 0 aromatic heterocycles. The summed E-state index contributed by atoms with van der Waals surface area (Å²) in [5.74, 6) is -0.621. The van der Waals surface area contributed by atoms with Gasteiger partial charge >= 0.3 is 0 Å². The van der Waals surface area contributed by atoms with Crippen molar-refractivity contribution in [1.82, 2.24) is 4.90 Å². The molecule has 0 bridgehead atoms. The lowest BCUT2D eigenvalue weighted by atomic mass is 9.82. The van der Waals surface area contributed by atoms with Crippen LogP contribution in [0.1, 0.15) is 24.2 Å². The normalized spacial score (nSPS) is 17.8. The van der Waals surface area contributed by atoms with Gasteiger partial charge in [0.05, 0.1) is 23.1 Å². The number of hydrogen-bond donors (Lipinski definition) is 1. The molecule has 0 radical (unpaired) electrons. The number of carbonyl (C=O) groups excluding carboxylic acids is 1. The zero-order chi connectivity index (χ0) is 13.5. The molecule has 1 amide bonds. The van der Waals surface area contributed by atoms with Gasteiger partial charge in [-0.05, 0) is 34.0 Å². The molecule has 1 aliphatic heterocycles. The molecule has 0 spiro atoms. The lowest BCUT2D eigenvalue weighted by Gasteiger charge is -2.49. The second-order valence-electron chi connectivity index (χ2n) is 5.02. The van der Waals surface area contributed by atoms with Crippen LogP contribution in [0.25, 0.3) is 0 Å². The zero-order valence-corrected chi connectivity index (χ0v) is 11.9. The average molecular weight is 316 g/mol. The first-order valence-corrected chi connectivity index (χ1v) is 6.60. The van der Waals surface area contributed by atoms with Crippen molar-refractivity contribution in [2.75, 3.05) is 13.1 Å². The maximum absolute atomic E-state index is 13.3. The Kier molecular flexibility index (Phi) is 3.47. The van der Waals surface area contributed by atoms with Gasteiger partial charge in [0.15, 0.2) is 0 Å². The summed E-state index contributed by atoms with van der Waals surface area (Å²) in [4.78, 5) is 13.7. The van der Waals surface area contributed by atoms with Crippen molar-refractivity contribution in [2.45, 2.75) is 19.4 Å². The molecule has 18 heavy (non-hydrogen) atoms. The van der Waals surface area contributed by atoms with E-state index in [1.54, 1.807) is 6.07 Å². The van der Waals surface area contributed by atoms with Gasteiger partial charge in [-0.25, -0.2) is 4.39 Å². The Balaban J connectivity index is 2.13. The topological polar surface area (TPSA) is 40.5 Å². The fourth-order valence-corrected chi connectivity index (χ4v) is 2.40. The Morgan fingerprint density at radius 1 is 1.50 bits per heavy atom. The van der Waals surface area contributed by atoms with Crippen molar-refractivity contribution in [3.8, 4) is 0 Å². The third-order valence-electron chi connectivity index (χ3n) is 3.47. The van der Waals surface area contributed by atoms with E-state index in [1.807, 2.05) is 13.8 Å². The lowest BCUT2D eigenvalue weighted by molar-refractivity contribution is -0.110. The highest BCUT2D eigenvalue weighted by molar-refractivity contribution is 9.10. The van der Waals surface area contributed by atoms with Gasteiger partial charge in [-0.15, -0.1) is 0 Å². The van der Waals surface area contributed by atoms with Crippen molar-refractivity contribution in [3.05, 3.63) is 34.1 Å². The minimum Gasteiger partial charge on any atom is -0.386 e. The van der Waals surface area contributed by atoms with Crippen LogP contribution in [0, 0.1) is 11.7 Å². The largest absolute Gasteiger partial charge is 0.386 e. The maximum atomic E-state index is 13.3. The van der Waals surface area contributed by atoms with Crippen LogP contribution in [0.5, 0.6) is 0 Å². The van der Waals surface area contributed by atoms with Crippen LogP contribution in [0.15, 0.2) is 22.7 Å². The molecule has 1 saturated heterocycles. The molecule has 0 aliphatic carbocycles. The molecule has 2 rings (SSSR count).